The fourth-order valence-corrected chi connectivity index (χ4v) is 3.93. The molecule has 0 radical (unpaired) electrons. The van der Waals surface area contributed by atoms with E-state index in [4.69, 9.17) is 14.0 Å². The highest BCUT2D eigenvalue weighted by molar-refractivity contribution is 5.98. The summed E-state index contributed by atoms with van der Waals surface area (Å²) in [5.74, 6) is -1.11. The third-order valence-corrected chi connectivity index (χ3v) is 5.81. The van der Waals surface area contributed by atoms with Crippen molar-refractivity contribution in [2.75, 3.05) is 19.0 Å². The van der Waals surface area contributed by atoms with Gasteiger partial charge in [0.05, 0.1) is 11.7 Å². The molecule has 1 aromatic heterocycles. The van der Waals surface area contributed by atoms with E-state index >= 15 is 0 Å². The number of nitrogens with zero attached hydrogens (tertiary/aromatic N) is 1. The quantitative estimate of drug-likeness (QED) is 0.482. The Hall–Kier alpha value is -3.27. The molecule has 10 heteroatoms. The molecule has 1 aliphatic rings. The number of aromatic hydroxyl groups is 2. The topological polar surface area (TPSA) is 143 Å². The third kappa shape index (κ3) is 5.57. The van der Waals surface area contributed by atoms with Gasteiger partial charge < -0.3 is 34.8 Å². The van der Waals surface area contributed by atoms with Crippen molar-refractivity contribution in [1.82, 2.24) is 10.5 Å². The number of anilines is 1. The number of phenolic OH excluding ortho intramolecular Hbond substituents is 2. The standard InChI is InChI=1S/C23H31N3O7/c1-5-24-23(30)32-22-19(25-21(29)13-6-8-14(31-4)9-7-13)20(33-26-22)16-10-15(12(2)3)17(27)11-18(16)28/h10-14,27-28H,5-9H2,1-4H3,(H,24,30)(H,25,29). The van der Waals surface area contributed by atoms with Crippen molar-refractivity contribution in [2.45, 2.75) is 58.5 Å². The predicted molar refractivity (Wildman–Crippen MR) is 120 cm³/mol. The van der Waals surface area contributed by atoms with E-state index in [1.807, 2.05) is 13.8 Å². The summed E-state index contributed by atoms with van der Waals surface area (Å²) >= 11 is 0. The van der Waals surface area contributed by atoms with Crippen LogP contribution in [0.5, 0.6) is 17.4 Å². The molecule has 0 bridgehead atoms. The molecule has 1 aliphatic carbocycles. The van der Waals surface area contributed by atoms with Gasteiger partial charge in [-0.05, 0) is 55.3 Å². The van der Waals surface area contributed by atoms with E-state index in [1.165, 1.54) is 6.07 Å². The van der Waals surface area contributed by atoms with E-state index in [2.05, 4.69) is 15.8 Å². The van der Waals surface area contributed by atoms with Crippen LogP contribution in [0.3, 0.4) is 0 Å². The minimum atomic E-state index is -0.758. The van der Waals surface area contributed by atoms with Gasteiger partial charge in [-0.3, -0.25) is 4.79 Å². The normalized spacial score (nSPS) is 18.2. The van der Waals surface area contributed by atoms with Crippen molar-refractivity contribution in [3.63, 3.8) is 0 Å². The van der Waals surface area contributed by atoms with Gasteiger partial charge in [-0.1, -0.05) is 13.8 Å². The maximum Gasteiger partial charge on any atom is 0.414 e. The molecule has 2 amide bonds. The van der Waals surface area contributed by atoms with Gasteiger partial charge >= 0.3 is 6.09 Å². The molecule has 1 heterocycles. The van der Waals surface area contributed by atoms with Gasteiger partial charge in [0.25, 0.3) is 5.88 Å². The highest BCUT2D eigenvalue weighted by Gasteiger charge is 2.31. The summed E-state index contributed by atoms with van der Waals surface area (Å²) in [5.41, 5.74) is 0.810. The van der Waals surface area contributed by atoms with Crippen LogP contribution >= 0.6 is 0 Å². The SMILES string of the molecule is CCNC(=O)Oc1noc(-c2cc(C(C)C)c(O)cc2O)c1NC(=O)C1CCC(OC)CC1. The molecule has 2 aromatic rings. The van der Waals surface area contributed by atoms with E-state index in [-0.39, 0.29) is 58.2 Å². The molecule has 10 nitrogen and oxygen atoms in total. The molecule has 4 N–H and O–H groups in total. The van der Waals surface area contributed by atoms with Crippen LogP contribution in [-0.2, 0) is 9.53 Å². The lowest BCUT2D eigenvalue weighted by molar-refractivity contribution is -0.121. The van der Waals surface area contributed by atoms with Crippen molar-refractivity contribution in [2.24, 2.45) is 5.92 Å². The molecule has 0 unspecified atom stereocenters. The Bertz CT molecular complexity index is 994. The second kappa shape index (κ2) is 10.6. The second-order valence-electron chi connectivity index (χ2n) is 8.39. The molecule has 1 saturated carbocycles. The zero-order valence-electron chi connectivity index (χ0n) is 19.3. The Balaban J connectivity index is 1.96. The van der Waals surface area contributed by atoms with Gasteiger partial charge in [-0.2, -0.15) is 0 Å². The number of methoxy groups -OCH3 is 1. The fourth-order valence-electron chi connectivity index (χ4n) is 3.93. The Morgan fingerprint density at radius 3 is 2.48 bits per heavy atom. The van der Waals surface area contributed by atoms with Crippen molar-refractivity contribution in [3.8, 4) is 28.7 Å². The molecular formula is C23H31N3O7. The molecule has 3 rings (SSSR count). The molecule has 0 saturated heterocycles. The number of aromatic nitrogens is 1. The number of benzene rings is 1. The van der Waals surface area contributed by atoms with E-state index in [0.29, 0.717) is 24.9 Å². The van der Waals surface area contributed by atoms with E-state index < -0.39 is 6.09 Å². The smallest absolute Gasteiger partial charge is 0.414 e. The summed E-state index contributed by atoms with van der Waals surface area (Å²) < 4.78 is 16.0. The highest BCUT2D eigenvalue weighted by Crippen LogP contribution is 2.44. The van der Waals surface area contributed by atoms with Crippen LogP contribution in [-0.4, -0.2) is 47.1 Å². The minimum Gasteiger partial charge on any atom is -0.508 e. The number of carbonyl (C=O) groups is 2. The van der Waals surface area contributed by atoms with Crippen LogP contribution in [0.2, 0.25) is 0 Å². The van der Waals surface area contributed by atoms with E-state index in [0.717, 1.165) is 12.8 Å². The Kier molecular flexibility index (Phi) is 7.80. The molecule has 33 heavy (non-hydrogen) atoms. The fraction of sp³-hybridized carbons (Fsp3) is 0.522. The zero-order chi connectivity index (χ0) is 24.1. The Labute approximate surface area is 192 Å². The molecule has 1 aromatic carbocycles. The zero-order valence-corrected chi connectivity index (χ0v) is 19.3. The summed E-state index contributed by atoms with van der Waals surface area (Å²) in [4.78, 5) is 25.0. The van der Waals surface area contributed by atoms with Crippen LogP contribution in [0, 0.1) is 5.92 Å². The lowest BCUT2D eigenvalue weighted by Crippen LogP contribution is -2.30. The summed E-state index contributed by atoms with van der Waals surface area (Å²) in [6.07, 6.45) is 2.22. The largest absolute Gasteiger partial charge is 0.508 e. The first kappa shape index (κ1) is 24.4. The van der Waals surface area contributed by atoms with Crippen LogP contribution < -0.4 is 15.4 Å². The van der Waals surface area contributed by atoms with Gasteiger partial charge in [0.15, 0.2) is 11.4 Å². The summed E-state index contributed by atoms with van der Waals surface area (Å²) in [6, 6.07) is 2.76. The van der Waals surface area contributed by atoms with Gasteiger partial charge in [0.2, 0.25) is 5.91 Å². The lowest BCUT2D eigenvalue weighted by Gasteiger charge is -2.26. The van der Waals surface area contributed by atoms with Gasteiger partial charge in [0, 0.05) is 25.6 Å². The number of hydrogen-bond acceptors (Lipinski definition) is 8. The molecular weight excluding hydrogens is 430 g/mol. The van der Waals surface area contributed by atoms with Gasteiger partial charge in [-0.15, -0.1) is 0 Å². The number of phenols is 2. The van der Waals surface area contributed by atoms with Crippen molar-refractivity contribution < 1.29 is 33.8 Å². The molecule has 0 atom stereocenters. The number of rotatable bonds is 7. The maximum atomic E-state index is 13.0. The molecule has 180 valence electrons. The summed E-state index contributed by atoms with van der Waals surface area (Å²) in [7, 11) is 1.66. The average Bonchev–Trinajstić information content (AvgIpc) is 3.15. The number of carbonyl (C=O) groups excluding carboxylic acids is 2. The Morgan fingerprint density at radius 1 is 1.18 bits per heavy atom. The van der Waals surface area contributed by atoms with E-state index in [9.17, 15) is 19.8 Å². The lowest BCUT2D eigenvalue weighted by atomic mass is 9.86. The third-order valence-electron chi connectivity index (χ3n) is 5.81. The second-order valence-corrected chi connectivity index (χ2v) is 8.39. The van der Waals surface area contributed by atoms with Gasteiger partial charge in [0.1, 0.15) is 11.5 Å². The highest BCUT2D eigenvalue weighted by atomic mass is 16.6. The van der Waals surface area contributed by atoms with Crippen molar-refractivity contribution in [3.05, 3.63) is 17.7 Å². The number of ether oxygens (including phenoxy) is 2. The average molecular weight is 462 g/mol. The first-order valence-corrected chi connectivity index (χ1v) is 11.1. The predicted octanol–water partition coefficient (Wildman–Crippen LogP) is 4.13. The summed E-state index contributed by atoms with van der Waals surface area (Å²) in [5, 5.41) is 29.8. The van der Waals surface area contributed by atoms with Crippen LogP contribution in [0.25, 0.3) is 11.3 Å². The molecule has 0 spiro atoms. The van der Waals surface area contributed by atoms with Crippen LogP contribution in [0.4, 0.5) is 10.5 Å². The monoisotopic (exact) mass is 461 g/mol. The number of hydrogen-bond donors (Lipinski definition) is 4. The summed E-state index contributed by atoms with van der Waals surface area (Å²) in [6.45, 7) is 5.85. The minimum absolute atomic E-state index is 0.0209. The van der Waals surface area contributed by atoms with Crippen molar-refractivity contribution in [1.29, 1.82) is 0 Å². The van der Waals surface area contributed by atoms with Crippen molar-refractivity contribution >= 4 is 17.7 Å². The first-order valence-electron chi connectivity index (χ1n) is 11.1. The Morgan fingerprint density at radius 2 is 1.88 bits per heavy atom. The number of amides is 2. The molecule has 0 aliphatic heterocycles. The maximum absolute atomic E-state index is 13.0. The van der Waals surface area contributed by atoms with E-state index in [1.54, 1.807) is 20.1 Å². The number of nitrogens with one attached hydrogen (secondary N) is 2. The van der Waals surface area contributed by atoms with Crippen LogP contribution in [0.1, 0.15) is 57.9 Å². The molecule has 1 fully saturated rings. The first-order chi connectivity index (χ1) is 15.7. The van der Waals surface area contributed by atoms with Gasteiger partial charge in [-0.25, -0.2) is 4.79 Å². The van der Waals surface area contributed by atoms with Crippen LogP contribution in [0.15, 0.2) is 16.7 Å².